The highest BCUT2D eigenvalue weighted by molar-refractivity contribution is 7.99. The van der Waals surface area contributed by atoms with Crippen LogP contribution >= 0.6 is 11.8 Å². The molecule has 0 heterocycles. The molecule has 3 aromatic rings. The third-order valence-corrected chi connectivity index (χ3v) is 8.73. The summed E-state index contributed by atoms with van der Waals surface area (Å²) < 4.78 is 0. The van der Waals surface area contributed by atoms with Crippen molar-refractivity contribution < 1.29 is 0 Å². The topological polar surface area (TPSA) is 0 Å². The molecule has 0 saturated carbocycles. The number of benzene rings is 3. The molecular weight excluding hydrogens is 364 g/mol. The SMILES string of the molecule is Cc1ccc(SCCCC([Si]c2ccccc2)[Si]c2ccccc2)cc1. The van der Waals surface area contributed by atoms with Crippen LogP contribution in [0.15, 0.2) is 89.8 Å². The van der Waals surface area contributed by atoms with Gasteiger partial charge >= 0.3 is 0 Å². The number of rotatable bonds is 9. The van der Waals surface area contributed by atoms with Gasteiger partial charge in [0.2, 0.25) is 0 Å². The molecule has 0 N–H and O–H groups in total. The Morgan fingerprint density at radius 2 is 1.27 bits per heavy atom. The summed E-state index contributed by atoms with van der Waals surface area (Å²) in [5.41, 5.74) is 1.34. The van der Waals surface area contributed by atoms with Crippen molar-refractivity contribution in [2.45, 2.75) is 29.8 Å². The number of hydrogen-bond acceptors (Lipinski definition) is 1. The van der Waals surface area contributed by atoms with E-state index in [0.29, 0.717) is 0 Å². The minimum absolute atomic E-state index is 0.762. The molecule has 0 atom stereocenters. The molecule has 4 radical (unpaired) electrons. The number of aryl methyl sites for hydroxylation is 1. The van der Waals surface area contributed by atoms with Gasteiger partial charge in [0.05, 0.1) is 19.0 Å². The first-order valence-corrected chi connectivity index (χ1v) is 12.3. The van der Waals surface area contributed by atoms with Crippen LogP contribution in [0.3, 0.4) is 0 Å². The van der Waals surface area contributed by atoms with Crippen LogP contribution in [0, 0.1) is 6.92 Å². The highest BCUT2D eigenvalue weighted by Crippen LogP contribution is 2.21. The third kappa shape index (κ3) is 6.63. The lowest BCUT2D eigenvalue weighted by molar-refractivity contribution is 0.854. The molecule has 0 nitrogen and oxygen atoms in total. The summed E-state index contributed by atoms with van der Waals surface area (Å²) in [6.07, 6.45) is 2.59. The molecule has 0 saturated heterocycles. The minimum Gasteiger partial charge on any atom is -0.126 e. The lowest BCUT2D eigenvalue weighted by atomic mass is 10.2. The van der Waals surface area contributed by atoms with Crippen LogP contribution in [0.5, 0.6) is 0 Å². The molecule has 0 aromatic heterocycles. The van der Waals surface area contributed by atoms with Gasteiger partial charge in [-0.25, -0.2) is 0 Å². The van der Waals surface area contributed by atoms with E-state index >= 15 is 0 Å². The molecule has 0 fully saturated rings. The van der Waals surface area contributed by atoms with Crippen molar-refractivity contribution in [1.82, 2.24) is 0 Å². The summed E-state index contributed by atoms with van der Waals surface area (Å²) in [5.74, 6) is 1.21. The normalized spacial score (nSPS) is 11.0. The maximum atomic E-state index is 2.28. The van der Waals surface area contributed by atoms with Gasteiger partial charge in [0.25, 0.3) is 0 Å². The van der Waals surface area contributed by atoms with Crippen LogP contribution in [-0.2, 0) is 0 Å². The Balaban J connectivity index is 1.53. The zero-order chi connectivity index (χ0) is 18.0. The van der Waals surface area contributed by atoms with E-state index in [2.05, 4.69) is 91.9 Å². The molecule has 0 aliphatic rings. The Hall–Kier alpha value is -1.56. The van der Waals surface area contributed by atoms with Gasteiger partial charge in [-0.3, -0.25) is 0 Å². The zero-order valence-corrected chi connectivity index (χ0v) is 18.0. The van der Waals surface area contributed by atoms with Crippen molar-refractivity contribution in [2.24, 2.45) is 0 Å². The Morgan fingerprint density at radius 1 is 0.731 bits per heavy atom. The quantitative estimate of drug-likeness (QED) is 0.291. The summed E-state index contributed by atoms with van der Waals surface area (Å²) in [6.45, 7) is 2.15. The van der Waals surface area contributed by atoms with E-state index in [4.69, 9.17) is 0 Å². The fourth-order valence-corrected chi connectivity index (χ4v) is 7.20. The Morgan fingerprint density at radius 3 is 1.81 bits per heavy atom. The van der Waals surface area contributed by atoms with E-state index in [-0.39, 0.29) is 0 Å². The molecule has 0 unspecified atom stereocenters. The van der Waals surface area contributed by atoms with Gasteiger partial charge in [-0.15, -0.1) is 11.8 Å². The van der Waals surface area contributed by atoms with E-state index < -0.39 is 0 Å². The van der Waals surface area contributed by atoms with Gasteiger partial charge in [-0.05, 0) is 36.4 Å². The molecule has 3 aromatic carbocycles. The highest BCUT2D eigenvalue weighted by Gasteiger charge is 2.13. The second kappa shape index (κ2) is 10.6. The number of hydrogen-bond donors (Lipinski definition) is 0. The van der Waals surface area contributed by atoms with Crippen LogP contribution in [0.25, 0.3) is 0 Å². The fourth-order valence-electron chi connectivity index (χ4n) is 2.76. The molecule has 0 spiro atoms. The summed E-state index contributed by atoms with van der Waals surface area (Å²) in [6, 6.07) is 30.9. The van der Waals surface area contributed by atoms with E-state index in [9.17, 15) is 0 Å². The Bertz CT molecular complexity index is 716. The van der Waals surface area contributed by atoms with Gasteiger partial charge < -0.3 is 0 Å². The van der Waals surface area contributed by atoms with Crippen molar-refractivity contribution in [3.63, 3.8) is 0 Å². The molecule has 0 amide bonds. The predicted octanol–water partition coefficient (Wildman–Crippen LogP) is 4.67. The first-order valence-electron chi connectivity index (χ1n) is 9.12. The fraction of sp³-hybridized carbons (Fsp3) is 0.217. The summed E-state index contributed by atoms with van der Waals surface area (Å²) in [4.78, 5) is 1.39. The van der Waals surface area contributed by atoms with Gasteiger partial charge in [0.1, 0.15) is 0 Å². The van der Waals surface area contributed by atoms with Crippen molar-refractivity contribution in [2.75, 3.05) is 5.75 Å². The Kier molecular flexibility index (Phi) is 7.80. The Labute approximate surface area is 167 Å². The molecule has 0 bridgehead atoms. The monoisotopic (exact) mass is 388 g/mol. The maximum Gasteiger partial charge on any atom is 0.0811 e. The largest absolute Gasteiger partial charge is 0.126 e. The van der Waals surface area contributed by atoms with Crippen molar-refractivity contribution in [1.29, 1.82) is 0 Å². The summed E-state index contributed by atoms with van der Waals surface area (Å²) in [7, 11) is 1.80. The van der Waals surface area contributed by atoms with Crippen LogP contribution in [-0.4, -0.2) is 24.8 Å². The summed E-state index contributed by atoms with van der Waals surface area (Å²) >= 11 is 1.99. The molecule has 26 heavy (non-hydrogen) atoms. The van der Waals surface area contributed by atoms with Crippen LogP contribution < -0.4 is 10.4 Å². The molecular formula is C23H24SSi2. The predicted molar refractivity (Wildman–Crippen MR) is 119 cm³/mol. The highest BCUT2D eigenvalue weighted by atomic mass is 32.2. The first kappa shape index (κ1) is 19.2. The maximum absolute atomic E-state index is 2.28. The third-order valence-electron chi connectivity index (χ3n) is 4.16. The molecule has 0 aliphatic carbocycles. The lowest BCUT2D eigenvalue weighted by Gasteiger charge is -2.15. The van der Waals surface area contributed by atoms with Gasteiger partial charge in [0, 0.05) is 4.90 Å². The van der Waals surface area contributed by atoms with Crippen LogP contribution in [0.2, 0.25) is 5.16 Å². The van der Waals surface area contributed by atoms with E-state index in [0.717, 1.165) is 24.2 Å². The van der Waals surface area contributed by atoms with Crippen LogP contribution in [0.4, 0.5) is 0 Å². The molecule has 130 valence electrons. The van der Waals surface area contributed by atoms with Gasteiger partial charge in [-0.2, -0.15) is 0 Å². The molecule has 3 heteroatoms. The standard InChI is InChI=1S/C23H24SSi2/c1-19-14-16-20(17-15-19)24-18-8-13-23(25-21-9-4-2-5-10-21)26-22-11-6-3-7-12-22/h2-7,9-12,14-17,23H,8,13,18H2,1H3. The van der Waals surface area contributed by atoms with Crippen LogP contribution in [0.1, 0.15) is 18.4 Å². The molecule has 3 rings (SSSR count). The summed E-state index contributed by atoms with van der Waals surface area (Å²) in [5, 5.41) is 3.75. The average Bonchev–Trinajstić information content (AvgIpc) is 2.68. The average molecular weight is 389 g/mol. The minimum atomic E-state index is 0.762. The lowest BCUT2D eigenvalue weighted by Crippen LogP contribution is -2.29. The van der Waals surface area contributed by atoms with Crippen molar-refractivity contribution in [3.05, 3.63) is 90.5 Å². The molecule has 0 aliphatic heterocycles. The van der Waals surface area contributed by atoms with Crippen molar-refractivity contribution >= 4 is 41.2 Å². The van der Waals surface area contributed by atoms with Crippen molar-refractivity contribution in [3.8, 4) is 0 Å². The second-order valence-electron chi connectivity index (χ2n) is 6.38. The first-order chi connectivity index (χ1) is 12.8. The number of thioether (sulfide) groups is 1. The van der Waals surface area contributed by atoms with Gasteiger partial charge in [0.15, 0.2) is 0 Å². The smallest absolute Gasteiger partial charge is 0.0811 e. The van der Waals surface area contributed by atoms with E-state index in [1.54, 1.807) is 0 Å². The zero-order valence-electron chi connectivity index (χ0n) is 15.2. The van der Waals surface area contributed by atoms with Gasteiger partial charge in [-0.1, -0.05) is 95.2 Å². The second-order valence-corrected chi connectivity index (χ2v) is 11.2. The van der Waals surface area contributed by atoms with E-state index in [1.807, 2.05) is 11.8 Å². The van der Waals surface area contributed by atoms with E-state index in [1.165, 1.54) is 39.4 Å².